The molecule has 0 heteroatoms. The van der Waals surface area contributed by atoms with Crippen molar-refractivity contribution < 1.29 is 0 Å². The van der Waals surface area contributed by atoms with E-state index in [1.54, 1.807) is 0 Å². The van der Waals surface area contributed by atoms with E-state index in [0.717, 1.165) is 11.8 Å². The number of hydrogen-bond acceptors (Lipinski definition) is 0. The third-order valence-corrected chi connectivity index (χ3v) is 2.49. The number of hydrogen-bond donors (Lipinski definition) is 0. The van der Waals surface area contributed by atoms with Gasteiger partial charge in [-0.2, -0.15) is 0 Å². The van der Waals surface area contributed by atoms with Crippen LogP contribution in [0.4, 0.5) is 0 Å². The summed E-state index contributed by atoms with van der Waals surface area (Å²) in [6, 6.07) is 0. The predicted molar refractivity (Wildman–Crippen MR) is 34.0 cm³/mol. The molecule has 0 heterocycles. The summed E-state index contributed by atoms with van der Waals surface area (Å²) in [7, 11) is 0. The molecule has 0 unspecified atom stereocenters. The molecule has 0 aliphatic heterocycles. The molecule has 44 valence electrons. The van der Waals surface area contributed by atoms with Crippen LogP contribution >= 0.6 is 0 Å². The molecule has 2 atom stereocenters. The summed E-state index contributed by atoms with van der Waals surface area (Å²) in [5.74, 6) is 1.99. The van der Waals surface area contributed by atoms with Gasteiger partial charge in [-0.1, -0.05) is 0 Å². The second-order valence-corrected chi connectivity index (χ2v) is 2.95. The Morgan fingerprint density at radius 2 is 1.38 bits per heavy atom. The molecule has 8 heavy (non-hydrogen) atoms. The highest BCUT2D eigenvalue weighted by atomic mass is 14.4. The molecule has 0 bridgehead atoms. The van der Waals surface area contributed by atoms with E-state index >= 15 is 0 Å². The Morgan fingerprint density at radius 3 is 1.88 bits per heavy atom. The zero-order valence-electron chi connectivity index (χ0n) is 5.14. The van der Waals surface area contributed by atoms with Crippen LogP contribution in [0.25, 0.3) is 0 Å². The van der Waals surface area contributed by atoms with Crippen LogP contribution < -0.4 is 0 Å². The van der Waals surface area contributed by atoms with Crippen LogP contribution in [0.3, 0.4) is 0 Å². The summed E-state index contributed by atoms with van der Waals surface area (Å²) in [5.41, 5.74) is 0. The van der Waals surface area contributed by atoms with Gasteiger partial charge in [-0.3, -0.25) is 0 Å². The minimum absolute atomic E-state index is 0.995. The van der Waals surface area contributed by atoms with Gasteiger partial charge in [0.05, 0.1) is 0 Å². The van der Waals surface area contributed by atoms with Gasteiger partial charge in [-0.15, -0.1) is 0 Å². The van der Waals surface area contributed by atoms with E-state index in [1.807, 2.05) is 0 Å². The van der Waals surface area contributed by atoms with Crippen LogP contribution in [0.2, 0.25) is 0 Å². The molecule has 2 fully saturated rings. The normalized spacial score (nSPS) is 45.0. The zero-order chi connectivity index (χ0) is 5.40. The van der Waals surface area contributed by atoms with Gasteiger partial charge in [0.2, 0.25) is 0 Å². The fourth-order valence-electron chi connectivity index (χ4n) is 2.02. The van der Waals surface area contributed by atoms with Gasteiger partial charge in [0.1, 0.15) is 0 Å². The van der Waals surface area contributed by atoms with Gasteiger partial charge in [0.15, 0.2) is 0 Å². The fraction of sp³-hybridized carbons (Fsp3) is 0.750. The van der Waals surface area contributed by atoms with Crippen molar-refractivity contribution in [3.63, 3.8) is 0 Å². The van der Waals surface area contributed by atoms with Crippen molar-refractivity contribution in [3.05, 3.63) is 12.8 Å². The van der Waals surface area contributed by atoms with Crippen molar-refractivity contribution in [3.8, 4) is 0 Å². The molecular weight excluding hydrogens is 96.1 g/mol. The van der Waals surface area contributed by atoms with E-state index in [1.165, 1.54) is 25.7 Å². The van der Waals surface area contributed by atoms with Gasteiger partial charge >= 0.3 is 0 Å². The topological polar surface area (TPSA) is 0 Å². The molecule has 0 amide bonds. The molecule has 2 saturated carbocycles. The quantitative estimate of drug-likeness (QED) is 0.446. The SMILES string of the molecule is [CH]1CC[C@@H]2[CH]CC[C@H]12. The third-order valence-electron chi connectivity index (χ3n) is 2.49. The monoisotopic (exact) mass is 108 g/mol. The number of rotatable bonds is 0. The highest BCUT2D eigenvalue weighted by Crippen LogP contribution is 2.42. The first-order chi connectivity index (χ1) is 3.97. The molecule has 0 spiro atoms. The van der Waals surface area contributed by atoms with Crippen molar-refractivity contribution in [2.45, 2.75) is 25.7 Å². The molecule has 0 nitrogen and oxygen atoms in total. The molecule has 2 radical (unpaired) electrons. The molecule has 0 aromatic rings. The van der Waals surface area contributed by atoms with Crippen molar-refractivity contribution in [1.82, 2.24) is 0 Å². The third kappa shape index (κ3) is 0.586. The minimum atomic E-state index is 0.995. The van der Waals surface area contributed by atoms with E-state index in [-0.39, 0.29) is 0 Å². The molecule has 0 aromatic heterocycles. The van der Waals surface area contributed by atoms with E-state index in [0.29, 0.717) is 0 Å². The van der Waals surface area contributed by atoms with Crippen LogP contribution in [0.15, 0.2) is 0 Å². The lowest BCUT2D eigenvalue weighted by Crippen LogP contribution is -1.96. The first kappa shape index (κ1) is 4.84. The predicted octanol–water partition coefficient (Wildman–Crippen LogP) is 2.21. The highest BCUT2D eigenvalue weighted by Gasteiger charge is 2.31. The summed E-state index contributed by atoms with van der Waals surface area (Å²) in [4.78, 5) is 0. The maximum Gasteiger partial charge on any atom is -0.0352 e. The van der Waals surface area contributed by atoms with E-state index in [9.17, 15) is 0 Å². The van der Waals surface area contributed by atoms with Crippen molar-refractivity contribution >= 4 is 0 Å². The van der Waals surface area contributed by atoms with Gasteiger partial charge < -0.3 is 0 Å². The summed E-state index contributed by atoms with van der Waals surface area (Å²) in [6.45, 7) is 0. The second-order valence-electron chi connectivity index (χ2n) is 2.95. The first-order valence-corrected chi connectivity index (χ1v) is 3.63. The maximum atomic E-state index is 2.51. The fourth-order valence-corrected chi connectivity index (χ4v) is 2.02. The number of fused-ring (bicyclic) bond motifs is 1. The van der Waals surface area contributed by atoms with E-state index in [4.69, 9.17) is 0 Å². The van der Waals surface area contributed by atoms with Crippen LogP contribution in [0, 0.1) is 24.7 Å². The summed E-state index contributed by atoms with van der Waals surface area (Å²) in [5, 5.41) is 0. The first-order valence-electron chi connectivity index (χ1n) is 3.63. The summed E-state index contributed by atoms with van der Waals surface area (Å²) in [6.07, 6.45) is 10.7. The van der Waals surface area contributed by atoms with Crippen molar-refractivity contribution in [2.75, 3.05) is 0 Å². The standard InChI is InChI=1S/C8H12/c1-3-7-5-2-6-8(7)4-1/h3,6-8H,1-2,4-5H2/t7-,8+/m0/s1. The molecule has 0 saturated heterocycles. The maximum absolute atomic E-state index is 2.51. The summed E-state index contributed by atoms with van der Waals surface area (Å²) < 4.78 is 0. The van der Waals surface area contributed by atoms with E-state index < -0.39 is 0 Å². The van der Waals surface area contributed by atoms with Gasteiger partial charge in [0, 0.05) is 0 Å². The van der Waals surface area contributed by atoms with Gasteiger partial charge in [-0.05, 0) is 50.4 Å². The Balaban J connectivity index is 2.04. The lowest BCUT2D eigenvalue weighted by Gasteiger charge is -2.04. The molecular formula is C8H12. The lowest BCUT2D eigenvalue weighted by atomic mass is 10.0. The Morgan fingerprint density at radius 1 is 0.875 bits per heavy atom. The minimum Gasteiger partial charge on any atom is -0.0496 e. The van der Waals surface area contributed by atoms with Crippen LogP contribution in [-0.2, 0) is 0 Å². The second kappa shape index (κ2) is 1.75. The highest BCUT2D eigenvalue weighted by molar-refractivity contribution is 5.01. The molecule has 2 rings (SSSR count). The van der Waals surface area contributed by atoms with Crippen LogP contribution in [0.5, 0.6) is 0 Å². The Bertz CT molecular complexity index is 66.0. The Kier molecular flexibility index (Phi) is 1.06. The average molecular weight is 108 g/mol. The van der Waals surface area contributed by atoms with Gasteiger partial charge in [-0.25, -0.2) is 0 Å². The Labute approximate surface area is 51.3 Å². The summed E-state index contributed by atoms with van der Waals surface area (Å²) >= 11 is 0. The molecule has 0 aromatic carbocycles. The van der Waals surface area contributed by atoms with Gasteiger partial charge in [0.25, 0.3) is 0 Å². The average Bonchev–Trinajstić information content (AvgIpc) is 2.15. The molecule has 2 aliphatic rings. The Hall–Kier alpha value is 0. The smallest absolute Gasteiger partial charge is 0.0352 e. The molecule has 0 N–H and O–H groups in total. The van der Waals surface area contributed by atoms with Crippen molar-refractivity contribution in [2.24, 2.45) is 11.8 Å². The lowest BCUT2D eigenvalue weighted by molar-refractivity contribution is 0.538. The van der Waals surface area contributed by atoms with Crippen LogP contribution in [0.1, 0.15) is 25.7 Å². The zero-order valence-corrected chi connectivity index (χ0v) is 5.14. The van der Waals surface area contributed by atoms with E-state index in [2.05, 4.69) is 12.8 Å². The molecule has 2 aliphatic carbocycles. The van der Waals surface area contributed by atoms with Crippen LogP contribution in [-0.4, -0.2) is 0 Å². The van der Waals surface area contributed by atoms with Crippen molar-refractivity contribution in [1.29, 1.82) is 0 Å². The largest absolute Gasteiger partial charge is 0.0496 e.